The normalized spacial score (nSPS) is 16.3. The Kier molecular flexibility index (Phi) is 5.47. The fourth-order valence-corrected chi connectivity index (χ4v) is 3.01. The smallest absolute Gasteiger partial charge is 0.242 e. The molecule has 2 atom stereocenters. The van der Waals surface area contributed by atoms with Gasteiger partial charge in [-0.15, -0.1) is 10.2 Å². The van der Waals surface area contributed by atoms with Crippen LogP contribution >= 0.6 is 0 Å². The average Bonchev–Trinajstić information content (AvgIpc) is 3.25. The van der Waals surface area contributed by atoms with E-state index in [4.69, 9.17) is 0 Å². The van der Waals surface area contributed by atoms with Gasteiger partial charge in [-0.1, -0.05) is 6.92 Å². The van der Waals surface area contributed by atoms with E-state index in [-0.39, 0.29) is 18.0 Å². The molecule has 0 aromatic carbocycles. The number of rotatable bonds is 7. The van der Waals surface area contributed by atoms with Crippen LogP contribution in [0.4, 0.5) is 5.82 Å². The van der Waals surface area contributed by atoms with Gasteiger partial charge < -0.3 is 9.88 Å². The maximum Gasteiger partial charge on any atom is 0.242 e. The van der Waals surface area contributed by atoms with Crippen LogP contribution in [0.25, 0.3) is 0 Å². The van der Waals surface area contributed by atoms with Gasteiger partial charge in [0.25, 0.3) is 0 Å². The number of carbonyl (C=O) groups excluding carboxylic acids is 1. The largest absolute Gasteiger partial charge is 0.314 e. The molecular formula is C17H27N7O. The summed E-state index contributed by atoms with van der Waals surface area (Å²) < 4.78 is 4.01. The van der Waals surface area contributed by atoms with E-state index in [9.17, 15) is 4.79 Å². The molecule has 8 nitrogen and oxygen atoms in total. The van der Waals surface area contributed by atoms with E-state index in [2.05, 4.69) is 44.3 Å². The van der Waals surface area contributed by atoms with Crippen molar-refractivity contribution >= 4 is 11.7 Å². The highest BCUT2D eigenvalue weighted by molar-refractivity contribution is 5.93. The number of aryl methyl sites for hydroxylation is 1. The first-order chi connectivity index (χ1) is 12.1. The van der Waals surface area contributed by atoms with Crippen LogP contribution in [-0.4, -0.2) is 36.5 Å². The van der Waals surface area contributed by atoms with Crippen LogP contribution in [0.15, 0.2) is 12.3 Å². The maximum absolute atomic E-state index is 12.5. The molecule has 0 saturated carbocycles. The number of nitrogens with zero attached hydrogens (tertiary/aromatic N) is 5. The number of hydrogen-bond donors (Lipinski definition) is 2. The number of fused-ring (bicyclic) bond motifs is 1. The third-order valence-corrected chi connectivity index (χ3v) is 4.83. The van der Waals surface area contributed by atoms with E-state index in [0.717, 1.165) is 43.3 Å². The van der Waals surface area contributed by atoms with Crippen LogP contribution in [0.2, 0.25) is 0 Å². The summed E-state index contributed by atoms with van der Waals surface area (Å²) in [5, 5.41) is 19.0. The summed E-state index contributed by atoms with van der Waals surface area (Å²) in [6.07, 6.45) is 5.99. The Balaban J connectivity index is 1.56. The van der Waals surface area contributed by atoms with Crippen LogP contribution in [0, 0.1) is 0 Å². The molecule has 3 rings (SSSR count). The first-order valence-corrected chi connectivity index (χ1v) is 9.08. The molecule has 25 heavy (non-hydrogen) atoms. The van der Waals surface area contributed by atoms with E-state index in [1.807, 2.05) is 17.7 Å². The van der Waals surface area contributed by atoms with Crippen molar-refractivity contribution in [3.05, 3.63) is 23.9 Å². The zero-order valence-electron chi connectivity index (χ0n) is 15.2. The van der Waals surface area contributed by atoms with Gasteiger partial charge in [0.15, 0.2) is 0 Å². The molecule has 136 valence electrons. The summed E-state index contributed by atoms with van der Waals surface area (Å²) in [6.45, 7) is 7.53. The van der Waals surface area contributed by atoms with E-state index in [1.54, 1.807) is 6.20 Å². The molecule has 0 bridgehead atoms. The Morgan fingerprint density at radius 3 is 2.96 bits per heavy atom. The van der Waals surface area contributed by atoms with Gasteiger partial charge in [0.05, 0.1) is 24.8 Å². The summed E-state index contributed by atoms with van der Waals surface area (Å²) >= 11 is 0. The van der Waals surface area contributed by atoms with Crippen molar-refractivity contribution in [2.75, 3.05) is 5.32 Å². The molecule has 0 radical (unpaired) electrons. The Hall–Kier alpha value is -2.22. The second-order valence-corrected chi connectivity index (χ2v) is 6.65. The van der Waals surface area contributed by atoms with Gasteiger partial charge >= 0.3 is 0 Å². The molecule has 2 N–H and O–H groups in total. The number of nitrogens with one attached hydrogen (secondary N) is 2. The lowest BCUT2D eigenvalue weighted by atomic mass is 10.1. The Bertz CT molecular complexity index is 720. The minimum Gasteiger partial charge on any atom is -0.314 e. The van der Waals surface area contributed by atoms with Crippen molar-refractivity contribution in [2.24, 2.45) is 0 Å². The highest BCUT2D eigenvalue weighted by Gasteiger charge is 2.19. The standard InChI is InChI=1S/C17H27N7O/c1-4-12(2)24-14(8-9-19-24)20-17(25)13(3)18-11-16-22-21-15-7-5-6-10-23(15)16/h8-9,12-13,18H,4-7,10-11H2,1-3H3,(H,20,25)/t12-,13-/m1/s1. The molecule has 3 heterocycles. The molecule has 1 aliphatic heterocycles. The monoisotopic (exact) mass is 345 g/mol. The lowest BCUT2D eigenvalue weighted by Crippen LogP contribution is -2.38. The molecule has 0 unspecified atom stereocenters. The van der Waals surface area contributed by atoms with Gasteiger partial charge in [-0.2, -0.15) is 5.10 Å². The number of carbonyl (C=O) groups is 1. The highest BCUT2D eigenvalue weighted by Crippen LogP contribution is 2.17. The minimum absolute atomic E-state index is 0.0802. The second-order valence-electron chi connectivity index (χ2n) is 6.65. The quantitative estimate of drug-likeness (QED) is 0.800. The van der Waals surface area contributed by atoms with Crippen molar-refractivity contribution in [1.82, 2.24) is 29.9 Å². The number of amides is 1. The zero-order valence-corrected chi connectivity index (χ0v) is 15.2. The lowest BCUT2D eigenvalue weighted by Gasteiger charge is -2.18. The summed E-state index contributed by atoms with van der Waals surface area (Å²) in [6, 6.07) is 1.74. The molecule has 2 aromatic rings. The maximum atomic E-state index is 12.5. The van der Waals surface area contributed by atoms with Gasteiger partial charge in [-0.3, -0.25) is 10.1 Å². The van der Waals surface area contributed by atoms with Crippen molar-refractivity contribution in [3.8, 4) is 0 Å². The molecule has 1 amide bonds. The van der Waals surface area contributed by atoms with Crippen LogP contribution in [-0.2, 0) is 24.3 Å². The fraction of sp³-hybridized carbons (Fsp3) is 0.647. The topological polar surface area (TPSA) is 89.7 Å². The SMILES string of the molecule is CC[C@@H](C)n1nccc1NC(=O)[C@@H](C)NCc1nnc2n1CCCC2. The molecule has 0 fully saturated rings. The van der Waals surface area contributed by atoms with Gasteiger partial charge in [0.1, 0.15) is 17.5 Å². The number of aromatic nitrogens is 5. The molecule has 0 spiro atoms. The van der Waals surface area contributed by atoms with Crippen molar-refractivity contribution in [1.29, 1.82) is 0 Å². The van der Waals surface area contributed by atoms with Crippen LogP contribution in [0.3, 0.4) is 0 Å². The van der Waals surface area contributed by atoms with E-state index in [0.29, 0.717) is 6.54 Å². The molecule has 2 aromatic heterocycles. The van der Waals surface area contributed by atoms with Crippen LogP contribution in [0.5, 0.6) is 0 Å². The average molecular weight is 345 g/mol. The minimum atomic E-state index is -0.336. The predicted octanol–water partition coefficient (Wildman–Crippen LogP) is 1.90. The second kappa shape index (κ2) is 7.77. The van der Waals surface area contributed by atoms with Gasteiger partial charge in [-0.05, 0) is 33.1 Å². The van der Waals surface area contributed by atoms with E-state index < -0.39 is 0 Å². The first-order valence-electron chi connectivity index (χ1n) is 9.08. The van der Waals surface area contributed by atoms with Crippen LogP contribution < -0.4 is 10.6 Å². The van der Waals surface area contributed by atoms with Gasteiger partial charge in [0.2, 0.25) is 5.91 Å². The molecule has 1 aliphatic rings. The highest BCUT2D eigenvalue weighted by atomic mass is 16.2. The van der Waals surface area contributed by atoms with E-state index in [1.165, 1.54) is 6.42 Å². The first kappa shape index (κ1) is 17.6. The summed E-state index contributed by atoms with van der Waals surface area (Å²) in [5.41, 5.74) is 0. The van der Waals surface area contributed by atoms with Crippen molar-refractivity contribution in [2.45, 2.75) is 71.6 Å². The van der Waals surface area contributed by atoms with E-state index >= 15 is 0 Å². The molecule has 0 aliphatic carbocycles. The Morgan fingerprint density at radius 1 is 1.32 bits per heavy atom. The number of hydrogen-bond acceptors (Lipinski definition) is 5. The third-order valence-electron chi connectivity index (χ3n) is 4.83. The predicted molar refractivity (Wildman–Crippen MR) is 95.1 cm³/mol. The summed E-state index contributed by atoms with van der Waals surface area (Å²) in [4.78, 5) is 12.5. The molecular weight excluding hydrogens is 318 g/mol. The Morgan fingerprint density at radius 2 is 2.16 bits per heavy atom. The van der Waals surface area contributed by atoms with Gasteiger partial charge in [-0.25, -0.2) is 4.68 Å². The van der Waals surface area contributed by atoms with Crippen molar-refractivity contribution < 1.29 is 4.79 Å². The molecule has 8 heteroatoms. The fourth-order valence-electron chi connectivity index (χ4n) is 3.01. The van der Waals surface area contributed by atoms with Crippen LogP contribution in [0.1, 0.15) is 57.7 Å². The Labute approximate surface area is 148 Å². The third kappa shape index (κ3) is 3.89. The number of anilines is 1. The summed E-state index contributed by atoms with van der Waals surface area (Å²) in [5.74, 6) is 2.60. The zero-order chi connectivity index (χ0) is 17.8. The summed E-state index contributed by atoms with van der Waals surface area (Å²) in [7, 11) is 0. The van der Waals surface area contributed by atoms with Crippen molar-refractivity contribution in [3.63, 3.8) is 0 Å². The lowest BCUT2D eigenvalue weighted by molar-refractivity contribution is -0.117. The van der Waals surface area contributed by atoms with Gasteiger partial charge in [0, 0.05) is 19.0 Å². The molecule has 0 saturated heterocycles.